The summed E-state index contributed by atoms with van der Waals surface area (Å²) in [4.78, 5) is 11.4. The van der Waals surface area contributed by atoms with E-state index in [0.29, 0.717) is 32.9 Å². The fourth-order valence-corrected chi connectivity index (χ4v) is 3.10. The number of aromatic nitrogens is 4. The molecule has 0 N–H and O–H groups in total. The van der Waals surface area contributed by atoms with Crippen LogP contribution in [0.3, 0.4) is 0 Å². The molecule has 1 aromatic carbocycles. The van der Waals surface area contributed by atoms with Crippen molar-refractivity contribution < 1.29 is 9.34 Å². The normalized spacial score (nSPS) is 11.2. The van der Waals surface area contributed by atoms with E-state index >= 15 is 0 Å². The third-order valence-corrected chi connectivity index (χ3v) is 4.24. The van der Waals surface area contributed by atoms with Crippen LogP contribution < -0.4 is 0 Å². The van der Waals surface area contributed by atoms with Crippen molar-refractivity contribution in [3.05, 3.63) is 52.3 Å². The van der Waals surface area contributed by atoms with E-state index in [1.807, 2.05) is 6.92 Å². The van der Waals surface area contributed by atoms with E-state index < -0.39 is 4.92 Å². The molecule has 0 atom stereocenters. The van der Waals surface area contributed by atoms with Crippen LogP contribution in [0.2, 0.25) is 0 Å². The first-order valence-corrected chi connectivity index (χ1v) is 7.48. The van der Waals surface area contributed by atoms with Gasteiger partial charge in [0.2, 0.25) is 4.96 Å². The molecule has 4 rings (SSSR count). The Bertz CT molecular complexity index is 1030. The van der Waals surface area contributed by atoms with Gasteiger partial charge in [-0.05, 0) is 25.1 Å². The van der Waals surface area contributed by atoms with Crippen LogP contribution in [-0.4, -0.2) is 24.7 Å². The van der Waals surface area contributed by atoms with Gasteiger partial charge in [-0.3, -0.25) is 10.1 Å². The number of benzene rings is 1. The molecule has 8 nitrogen and oxygen atoms in total. The minimum Gasteiger partial charge on any atom is -0.453 e. The largest absolute Gasteiger partial charge is 0.453 e. The highest BCUT2D eigenvalue weighted by atomic mass is 32.1. The van der Waals surface area contributed by atoms with Crippen molar-refractivity contribution in [2.24, 2.45) is 0 Å². The van der Waals surface area contributed by atoms with Gasteiger partial charge in [0.15, 0.2) is 16.6 Å². The molecule has 9 heteroatoms. The predicted molar refractivity (Wildman–Crippen MR) is 83.2 cm³/mol. The van der Waals surface area contributed by atoms with Gasteiger partial charge in [-0.2, -0.15) is 4.52 Å². The zero-order valence-electron chi connectivity index (χ0n) is 11.8. The molecule has 0 aliphatic carbocycles. The second-order valence-corrected chi connectivity index (χ2v) is 5.74. The maximum Gasteiger partial charge on any atom is 0.280 e. The average Bonchev–Trinajstić information content (AvgIpc) is 3.24. The quantitative estimate of drug-likeness (QED) is 0.423. The predicted octanol–water partition coefficient (Wildman–Crippen LogP) is 3.33. The Morgan fingerprint density at radius 2 is 1.96 bits per heavy atom. The molecule has 3 aromatic heterocycles. The lowest BCUT2D eigenvalue weighted by Crippen LogP contribution is -1.90. The van der Waals surface area contributed by atoms with E-state index in [-0.39, 0.29) is 5.69 Å². The first-order valence-electron chi connectivity index (χ1n) is 6.66. The lowest BCUT2D eigenvalue weighted by molar-refractivity contribution is -0.384. The van der Waals surface area contributed by atoms with Gasteiger partial charge in [-0.15, -0.1) is 15.3 Å². The summed E-state index contributed by atoms with van der Waals surface area (Å²) in [6.07, 6.45) is 0. The number of fused-ring (bicyclic) bond motifs is 1. The Kier molecular flexibility index (Phi) is 2.95. The number of para-hydroxylation sites is 1. The number of nitrogens with zero attached hydrogens (tertiary/aromatic N) is 5. The van der Waals surface area contributed by atoms with Crippen molar-refractivity contribution >= 4 is 22.0 Å². The number of hydrogen-bond acceptors (Lipinski definition) is 7. The van der Waals surface area contributed by atoms with E-state index in [9.17, 15) is 10.1 Å². The molecule has 0 aliphatic heterocycles. The topological polar surface area (TPSA) is 99.4 Å². The first kappa shape index (κ1) is 13.6. The van der Waals surface area contributed by atoms with Crippen molar-refractivity contribution in [3.63, 3.8) is 0 Å². The van der Waals surface area contributed by atoms with Crippen LogP contribution in [-0.2, 0) is 0 Å². The number of rotatable bonds is 3. The molecule has 0 unspecified atom stereocenters. The minimum atomic E-state index is -0.427. The summed E-state index contributed by atoms with van der Waals surface area (Å²) in [6.45, 7) is 1.81. The SMILES string of the molecule is Cc1nnc2sc(-c3ccc(-c4ccccc4[N+](=O)[O-])o3)nn12. The van der Waals surface area contributed by atoms with Crippen molar-refractivity contribution in [1.29, 1.82) is 0 Å². The summed E-state index contributed by atoms with van der Waals surface area (Å²) in [5, 5.41) is 24.1. The summed E-state index contributed by atoms with van der Waals surface area (Å²) in [5.74, 6) is 1.65. The minimum absolute atomic E-state index is 0.00221. The third-order valence-electron chi connectivity index (χ3n) is 3.33. The Labute approximate surface area is 133 Å². The fourth-order valence-electron chi connectivity index (χ4n) is 2.25. The van der Waals surface area contributed by atoms with Crippen LogP contribution in [0.15, 0.2) is 40.8 Å². The van der Waals surface area contributed by atoms with Crippen LogP contribution in [0.25, 0.3) is 27.1 Å². The van der Waals surface area contributed by atoms with E-state index in [4.69, 9.17) is 4.42 Å². The molecule has 0 saturated heterocycles. The van der Waals surface area contributed by atoms with Crippen LogP contribution in [0.5, 0.6) is 0 Å². The molecule has 0 saturated carbocycles. The highest BCUT2D eigenvalue weighted by Gasteiger charge is 2.19. The summed E-state index contributed by atoms with van der Waals surface area (Å²) in [7, 11) is 0. The van der Waals surface area contributed by atoms with Gasteiger partial charge >= 0.3 is 0 Å². The van der Waals surface area contributed by atoms with Crippen LogP contribution in [0.1, 0.15) is 5.82 Å². The van der Waals surface area contributed by atoms with Crippen LogP contribution >= 0.6 is 11.3 Å². The number of nitro benzene ring substituents is 1. The molecular formula is C14H9N5O3S. The van der Waals surface area contributed by atoms with Gasteiger partial charge in [0.05, 0.1) is 10.5 Å². The van der Waals surface area contributed by atoms with Crippen LogP contribution in [0, 0.1) is 17.0 Å². The Balaban J connectivity index is 1.79. The molecule has 23 heavy (non-hydrogen) atoms. The van der Waals surface area contributed by atoms with Gasteiger partial charge < -0.3 is 4.42 Å². The summed E-state index contributed by atoms with van der Waals surface area (Å²) in [6, 6.07) is 9.90. The van der Waals surface area contributed by atoms with Crippen LogP contribution in [0.4, 0.5) is 5.69 Å². The second-order valence-electron chi connectivity index (χ2n) is 4.79. The molecule has 0 spiro atoms. The van der Waals surface area contributed by atoms with E-state index in [2.05, 4.69) is 15.3 Å². The standard InChI is InChI=1S/C14H9N5O3S/c1-8-15-16-14-18(8)17-13(23-14)12-7-6-11(22-12)9-4-2-3-5-10(9)19(20)21/h2-7H,1H3. The second kappa shape index (κ2) is 4.99. The van der Waals surface area contributed by atoms with Gasteiger partial charge in [0.1, 0.15) is 5.76 Å². The molecule has 0 radical (unpaired) electrons. The maximum absolute atomic E-state index is 11.1. The van der Waals surface area contributed by atoms with Crippen molar-refractivity contribution in [1.82, 2.24) is 19.8 Å². The average molecular weight is 327 g/mol. The van der Waals surface area contributed by atoms with Crippen molar-refractivity contribution in [2.45, 2.75) is 6.92 Å². The molecule has 0 amide bonds. The highest BCUT2D eigenvalue weighted by molar-refractivity contribution is 7.19. The van der Waals surface area contributed by atoms with E-state index in [0.717, 1.165) is 0 Å². The molecule has 0 fully saturated rings. The van der Waals surface area contributed by atoms with Gasteiger partial charge in [-0.25, -0.2) is 0 Å². The highest BCUT2D eigenvalue weighted by Crippen LogP contribution is 2.34. The number of hydrogen-bond donors (Lipinski definition) is 0. The van der Waals surface area contributed by atoms with Gasteiger partial charge in [0, 0.05) is 6.07 Å². The maximum atomic E-state index is 11.1. The summed E-state index contributed by atoms with van der Waals surface area (Å²) in [5.41, 5.74) is 0.435. The molecule has 0 bridgehead atoms. The molecule has 0 aliphatic rings. The van der Waals surface area contributed by atoms with Gasteiger partial charge in [-0.1, -0.05) is 23.5 Å². The molecule has 4 aromatic rings. The van der Waals surface area contributed by atoms with Crippen molar-refractivity contribution in [2.75, 3.05) is 0 Å². The number of nitro groups is 1. The Morgan fingerprint density at radius 3 is 2.74 bits per heavy atom. The fraction of sp³-hybridized carbons (Fsp3) is 0.0714. The lowest BCUT2D eigenvalue weighted by atomic mass is 10.1. The molecular weight excluding hydrogens is 318 g/mol. The Hall–Kier alpha value is -3.07. The third kappa shape index (κ3) is 2.18. The van der Waals surface area contributed by atoms with E-state index in [1.54, 1.807) is 34.8 Å². The molecule has 114 valence electrons. The summed E-state index contributed by atoms with van der Waals surface area (Å²) < 4.78 is 7.40. The number of aryl methyl sites for hydroxylation is 1. The van der Waals surface area contributed by atoms with Gasteiger partial charge in [0.25, 0.3) is 5.69 Å². The zero-order valence-corrected chi connectivity index (χ0v) is 12.6. The van der Waals surface area contributed by atoms with E-state index in [1.165, 1.54) is 17.4 Å². The first-order chi connectivity index (χ1) is 11.1. The Morgan fingerprint density at radius 1 is 1.17 bits per heavy atom. The molecule has 3 heterocycles. The summed E-state index contributed by atoms with van der Waals surface area (Å²) >= 11 is 1.34. The zero-order chi connectivity index (χ0) is 16.0. The van der Waals surface area contributed by atoms with Crippen molar-refractivity contribution in [3.8, 4) is 22.1 Å². The lowest BCUT2D eigenvalue weighted by Gasteiger charge is -1.98. The number of furan rings is 1. The monoisotopic (exact) mass is 327 g/mol. The smallest absolute Gasteiger partial charge is 0.280 e.